The van der Waals surface area contributed by atoms with Crippen LogP contribution in [0, 0.1) is 0 Å². The van der Waals surface area contributed by atoms with Gasteiger partial charge in [-0.2, -0.15) is 0 Å². The van der Waals surface area contributed by atoms with Gasteiger partial charge in [0.1, 0.15) is 0 Å². The lowest BCUT2D eigenvalue weighted by atomic mass is 9.96. The van der Waals surface area contributed by atoms with Gasteiger partial charge in [0.25, 0.3) is 12.9 Å². The Kier molecular flexibility index (Phi) is 5.11. The Bertz CT molecular complexity index is 380. The molecule has 1 aromatic rings. The highest BCUT2D eigenvalue weighted by Crippen LogP contribution is 2.31. The molecule has 0 aromatic heterocycles. The van der Waals surface area contributed by atoms with Crippen molar-refractivity contribution >= 4 is 21.7 Å². The van der Waals surface area contributed by atoms with Gasteiger partial charge in [-0.15, -0.1) is 0 Å². The first kappa shape index (κ1) is 14.2. The van der Waals surface area contributed by atoms with E-state index in [4.69, 9.17) is 0 Å². The number of benzene rings is 1. The van der Waals surface area contributed by atoms with Gasteiger partial charge >= 0.3 is 0 Å². The fourth-order valence-corrected chi connectivity index (χ4v) is 1.85. The van der Waals surface area contributed by atoms with E-state index in [2.05, 4.69) is 15.9 Å². The molecule has 0 spiro atoms. The minimum atomic E-state index is -2.94. The van der Waals surface area contributed by atoms with Crippen LogP contribution in [0.3, 0.4) is 0 Å². The van der Waals surface area contributed by atoms with E-state index in [1.165, 1.54) is 0 Å². The van der Waals surface area contributed by atoms with Crippen molar-refractivity contribution in [3.05, 3.63) is 34.9 Å². The van der Waals surface area contributed by atoms with Gasteiger partial charge in [0.15, 0.2) is 5.78 Å². The van der Waals surface area contributed by atoms with Gasteiger partial charge in [0.2, 0.25) is 0 Å². The van der Waals surface area contributed by atoms with Crippen LogP contribution >= 0.6 is 15.9 Å². The molecular weight excluding hydrogens is 304 g/mol. The van der Waals surface area contributed by atoms with E-state index >= 15 is 0 Å². The first-order valence-corrected chi connectivity index (χ1v) is 5.89. The zero-order chi connectivity index (χ0) is 13.0. The minimum Gasteiger partial charge on any atom is -0.294 e. The van der Waals surface area contributed by atoms with Gasteiger partial charge in [-0.25, -0.2) is 17.6 Å². The molecule has 0 aliphatic carbocycles. The van der Waals surface area contributed by atoms with Crippen LogP contribution in [0.1, 0.15) is 40.8 Å². The molecule has 1 nitrogen and oxygen atoms in total. The molecule has 17 heavy (non-hydrogen) atoms. The summed E-state index contributed by atoms with van der Waals surface area (Å²) >= 11 is 2.97. The van der Waals surface area contributed by atoms with E-state index in [-0.39, 0.29) is 11.8 Å². The van der Waals surface area contributed by atoms with Crippen molar-refractivity contribution in [3.8, 4) is 0 Å². The highest BCUT2D eigenvalue weighted by Gasteiger charge is 2.24. The van der Waals surface area contributed by atoms with Gasteiger partial charge in [-0.05, 0) is 0 Å². The molecule has 0 aliphatic heterocycles. The molecule has 0 saturated carbocycles. The van der Waals surface area contributed by atoms with E-state index in [0.717, 1.165) is 18.2 Å². The van der Waals surface area contributed by atoms with E-state index in [1.807, 2.05) is 0 Å². The predicted octanol–water partition coefficient (Wildman–Crippen LogP) is 4.53. The van der Waals surface area contributed by atoms with Crippen LogP contribution < -0.4 is 0 Å². The van der Waals surface area contributed by atoms with Crippen molar-refractivity contribution in [3.63, 3.8) is 0 Å². The molecule has 0 saturated heterocycles. The maximum atomic E-state index is 12.7. The fraction of sp³-hybridized carbons (Fsp3) is 0.364. The fourth-order valence-electron chi connectivity index (χ4n) is 1.49. The summed E-state index contributed by atoms with van der Waals surface area (Å²) in [6.45, 7) is 0. The quantitative estimate of drug-likeness (QED) is 0.443. The standard InChI is InChI=1S/C11H9BrF4O/c12-5-4-8(17)9-6(10(13)14)2-1-3-7(9)11(15)16/h1-3,10-11H,4-5H2. The average Bonchev–Trinajstić information content (AvgIpc) is 2.28. The second-order valence-electron chi connectivity index (χ2n) is 3.28. The maximum Gasteiger partial charge on any atom is 0.264 e. The second-order valence-corrected chi connectivity index (χ2v) is 4.07. The number of carbonyl (C=O) groups is 1. The summed E-state index contributed by atoms with van der Waals surface area (Å²) in [5, 5.41) is 0.242. The molecule has 0 atom stereocenters. The number of hydrogen-bond donors (Lipinski definition) is 0. The number of rotatable bonds is 5. The van der Waals surface area contributed by atoms with Crippen molar-refractivity contribution in [2.24, 2.45) is 0 Å². The monoisotopic (exact) mass is 312 g/mol. The smallest absolute Gasteiger partial charge is 0.264 e. The summed E-state index contributed by atoms with van der Waals surface area (Å²) in [6, 6.07) is 3.10. The summed E-state index contributed by atoms with van der Waals surface area (Å²) in [5.41, 5.74) is -1.81. The zero-order valence-corrected chi connectivity index (χ0v) is 10.2. The van der Waals surface area contributed by atoms with Crippen molar-refractivity contribution in [1.82, 2.24) is 0 Å². The lowest BCUT2D eigenvalue weighted by molar-refractivity contribution is 0.0959. The normalized spacial score (nSPS) is 11.2. The third-order valence-electron chi connectivity index (χ3n) is 2.20. The number of hydrogen-bond acceptors (Lipinski definition) is 1. The third kappa shape index (κ3) is 3.28. The van der Waals surface area contributed by atoms with Gasteiger partial charge in [-0.1, -0.05) is 34.1 Å². The molecule has 0 aliphatic rings. The summed E-state index contributed by atoms with van der Waals surface area (Å²) in [6.07, 6.45) is -5.98. The summed E-state index contributed by atoms with van der Waals surface area (Å²) in [4.78, 5) is 11.6. The Labute approximate surface area is 104 Å². The average molecular weight is 313 g/mol. The molecule has 0 amide bonds. The van der Waals surface area contributed by atoms with Crippen LogP contribution in [-0.2, 0) is 0 Å². The van der Waals surface area contributed by atoms with Crippen LogP contribution in [0.5, 0.6) is 0 Å². The summed E-state index contributed by atoms with van der Waals surface area (Å²) < 4.78 is 50.7. The van der Waals surface area contributed by atoms with Crippen molar-refractivity contribution in [2.75, 3.05) is 5.33 Å². The predicted molar refractivity (Wildman–Crippen MR) is 59.1 cm³/mol. The molecular formula is C11H9BrF4O. The molecule has 0 N–H and O–H groups in total. The van der Waals surface area contributed by atoms with Crippen LogP contribution in [0.4, 0.5) is 17.6 Å². The molecule has 1 rings (SSSR count). The number of alkyl halides is 5. The summed E-state index contributed by atoms with van der Waals surface area (Å²) in [7, 11) is 0. The first-order chi connectivity index (χ1) is 7.99. The molecule has 0 unspecified atom stereocenters. The van der Waals surface area contributed by atoms with Gasteiger partial charge in [0.05, 0.1) is 0 Å². The Morgan fingerprint density at radius 2 is 1.59 bits per heavy atom. The summed E-state index contributed by atoms with van der Waals surface area (Å²) in [5.74, 6) is -0.701. The molecule has 94 valence electrons. The zero-order valence-electron chi connectivity index (χ0n) is 8.60. The van der Waals surface area contributed by atoms with E-state index in [1.54, 1.807) is 0 Å². The SMILES string of the molecule is O=C(CCBr)c1c(C(F)F)cccc1C(F)F. The molecule has 0 fully saturated rings. The lowest BCUT2D eigenvalue weighted by Gasteiger charge is -2.12. The topological polar surface area (TPSA) is 17.1 Å². The number of carbonyl (C=O) groups excluding carboxylic acids is 1. The Morgan fingerprint density at radius 3 is 1.94 bits per heavy atom. The highest BCUT2D eigenvalue weighted by atomic mass is 79.9. The number of halogens is 5. The van der Waals surface area contributed by atoms with Gasteiger partial charge in [-0.3, -0.25) is 4.79 Å². The van der Waals surface area contributed by atoms with E-state index < -0.39 is 35.3 Å². The van der Waals surface area contributed by atoms with E-state index in [0.29, 0.717) is 0 Å². The first-order valence-electron chi connectivity index (χ1n) is 4.77. The highest BCUT2D eigenvalue weighted by molar-refractivity contribution is 9.09. The van der Waals surface area contributed by atoms with Crippen LogP contribution in [0.2, 0.25) is 0 Å². The molecule has 1 aromatic carbocycles. The minimum absolute atomic E-state index is 0.0938. The molecule has 0 radical (unpaired) electrons. The van der Waals surface area contributed by atoms with Crippen LogP contribution in [0.25, 0.3) is 0 Å². The second kappa shape index (κ2) is 6.14. The Balaban J connectivity index is 3.33. The third-order valence-corrected chi connectivity index (χ3v) is 2.60. The molecule has 6 heteroatoms. The van der Waals surface area contributed by atoms with Crippen LogP contribution in [-0.4, -0.2) is 11.1 Å². The lowest BCUT2D eigenvalue weighted by Crippen LogP contribution is -2.09. The van der Waals surface area contributed by atoms with Crippen molar-refractivity contribution in [1.29, 1.82) is 0 Å². The molecule has 0 bridgehead atoms. The van der Waals surface area contributed by atoms with Gasteiger partial charge < -0.3 is 0 Å². The Hall–Kier alpha value is -0.910. The van der Waals surface area contributed by atoms with E-state index in [9.17, 15) is 22.4 Å². The molecule has 0 heterocycles. The number of ketones is 1. The van der Waals surface area contributed by atoms with Crippen molar-refractivity contribution in [2.45, 2.75) is 19.3 Å². The van der Waals surface area contributed by atoms with Crippen LogP contribution in [0.15, 0.2) is 18.2 Å². The van der Waals surface area contributed by atoms with Gasteiger partial charge in [0, 0.05) is 28.4 Å². The number of Topliss-reactive ketones (excluding diaryl/α,β-unsaturated/α-hetero) is 1. The van der Waals surface area contributed by atoms with Crippen molar-refractivity contribution < 1.29 is 22.4 Å². The Morgan fingerprint density at radius 1 is 1.12 bits per heavy atom. The largest absolute Gasteiger partial charge is 0.294 e. The maximum absolute atomic E-state index is 12.7.